The maximum Gasteiger partial charge on any atom is 0.303 e. The first kappa shape index (κ1) is 108. The molecule has 0 heterocycles. The molecule has 13 atom stereocenters. The third-order valence-electron chi connectivity index (χ3n) is 19.7. The third kappa shape index (κ3) is 48.9. The Morgan fingerprint density at radius 1 is 0.331 bits per heavy atom. The number of unbranched alkanes of at least 4 members (excludes halogenated alkanes) is 1. The van der Waals surface area contributed by atoms with E-state index in [1.165, 1.54) is 13.8 Å². The summed E-state index contributed by atoms with van der Waals surface area (Å²) in [5, 5.41) is 28.7. The molecule has 32 N–H and O–H groups in total. The van der Waals surface area contributed by atoms with Gasteiger partial charge in [-0.3, -0.25) is 96.9 Å². The molecular weight excluding hydrogens is 1530 g/mol. The van der Waals surface area contributed by atoms with Crippen LogP contribution >= 0.6 is 0 Å². The predicted molar refractivity (Wildman–Crippen MR) is 451 cm³/mol. The zero-order valence-corrected chi connectivity index (χ0v) is 71.1. The minimum Gasteiger partial charge on any atom is -0.481 e. The highest BCUT2D eigenvalue weighted by molar-refractivity contribution is 6.00. The van der Waals surface area contributed by atoms with E-state index in [1.807, 2.05) is 27.7 Å². The van der Waals surface area contributed by atoms with Crippen molar-refractivity contribution in [1.29, 1.82) is 0 Å². The monoisotopic (exact) mass is 1670 g/mol. The smallest absolute Gasteiger partial charge is 0.303 e. The molecule has 0 spiro atoms. The maximum atomic E-state index is 15.0. The van der Waals surface area contributed by atoms with Gasteiger partial charge in [-0.1, -0.05) is 61.8 Å². The quantitative estimate of drug-likeness (QED) is 0.0189. The van der Waals surface area contributed by atoms with Crippen molar-refractivity contribution < 1.29 is 77.0 Å². The SMILES string of the molecule is CC[C@H](C)[C@H](CC(=O)[C@H](CCCN=C(N)N)NC(C)=O)C(=O)N[C@@H](CCC(=O)O)C(=O)CCC(=O)N[C@@H](CC(C)C)C(=O)C[C@@H](CCCN=C(N)N)C(=O)N[C@@H](CCCCN)C(=O)C[C@@H](CCCN=C(N)N)C(=O)N[C@@H](CCCN=C(N)N)C(=O)C[C@@H](CCCN=C(N)N)C(=O)N[C@@H](CC(C)C)C(=O)C[C@@H](CC(C)C)C(=O)NC(C)C(N)=O. The number of primary amides is 1. The number of ketones is 6. The average Bonchev–Trinajstić information content (AvgIpc) is 0.859. The fourth-order valence-corrected chi connectivity index (χ4v) is 13.2. The van der Waals surface area contributed by atoms with Crippen molar-refractivity contribution in [2.45, 2.75) is 278 Å². The molecule has 0 saturated heterocycles. The molecule has 0 aromatic heterocycles. The van der Waals surface area contributed by atoms with Gasteiger partial charge in [0.15, 0.2) is 64.5 Å². The Morgan fingerprint density at radius 3 is 1.01 bits per heavy atom. The predicted octanol–water partition coefficient (Wildman–Crippen LogP) is -1.42. The lowest BCUT2D eigenvalue weighted by atomic mass is 9.84. The molecule has 0 aromatic carbocycles. The van der Waals surface area contributed by atoms with Crippen LogP contribution in [0.15, 0.2) is 25.0 Å². The molecular formula is C78H142N24O16. The van der Waals surface area contributed by atoms with Gasteiger partial charge in [0.25, 0.3) is 0 Å². The van der Waals surface area contributed by atoms with Crippen molar-refractivity contribution >= 4 is 118 Å². The van der Waals surface area contributed by atoms with Gasteiger partial charge in [-0.15, -0.1) is 0 Å². The first-order valence-corrected chi connectivity index (χ1v) is 41.0. The molecule has 670 valence electrons. The number of carbonyl (C=O) groups excluding carboxylic acids is 14. The summed E-state index contributed by atoms with van der Waals surface area (Å²) < 4.78 is 0. The molecule has 0 rings (SSSR count). The summed E-state index contributed by atoms with van der Waals surface area (Å²) in [6.45, 7) is 17.5. The summed E-state index contributed by atoms with van der Waals surface area (Å²) in [6.07, 6.45) is -1.96. The van der Waals surface area contributed by atoms with Gasteiger partial charge in [-0.25, -0.2) is 0 Å². The molecule has 40 heteroatoms. The van der Waals surface area contributed by atoms with Gasteiger partial charge in [0.05, 0.1) is 36.3 Å². The molecule has 0 aliphatic rings. The highest BCUT2D eigenvalue weighted by atomic mass is 16.4. The second kappa shape index (κ2) is 59.3. The number of nitrogens with zero attached hydrogens (tertiary/aromatic N) is 5. The lowest BCUT2D eigenvalue weighted by Gasteiger charge is -2.27. The van der Waals surface area contributed by atoms with Crippen molar-refractivity contribution in [2.24, 2.45) is 147 Å². The number of carboxylic acid groups (broad SMARTS) is 1. The standard InChI is InChI=1S/C78H142N24O16/c1-11-46(8)53(42-65(109)54(97-48(10)103)23-17-33-94-77(87)88)73(118)101-57(25-28-67(111)112)60(104)26-27-66(110)98-58(36-44(4)5)63(107)40-51(21-16-32-93-76(85)86)70(115)99-55(22-12-13-29-79)61(105)38-49(19-14-30-91-74(81)82)69(114)100-56(24-18-34-95-78(89)90)62(106)39-50(20-15-31-92-75(83)84)71(116)102-59(37-45(6)7)64(108)41-52(35-43(2)3)72(117)96-47(9)68(80)113/h43-47,49-59H,11-42,79H2,1-10H3,(H2,80,113)(H,96,117)(H,97,103)(H,98,110)(H,99,115)(H,100,114)(H,101,118)(H,102,116)(H,111,112)(H4,81,82,91)(H4,83,84,92)(H4,85,86,93)(H4,87,88,94)(H4,89,90,95)/t46-,47?,49+,50+,51+,52+,53-,54-,55-,56-,57-,58-,59-/m0/s1. The van der Waals surface area contributed by atoms with Crippen LogP contribution in [0.2, 0.25) is 0 Å². The van der Waals surface area contributed by atoms with Gasteiger partial charge in [0.2, 0.25) is 47.3 Å². The molecule has 0 bridgehead atoms. The van der Waals surface area contributed by atoms with Crippen LogP contribution in [0.5, 0.6) is 0 Å². The minimum atomic E-state index is -1.43. The van der Waals surface area contributed by atoms with Gasteiger partial charge in [0, 0.05) is 121 Å². The highest BCUT2D eigenvalue weighted by Gasteiger charge is 2.38. The molecule has 40 nitrogen and oxygen atoms in total. The van der Waals surface area contributed by atoms with Gasteiger partial charge in [0.1, 0.15) is 6.04 Å². The van der Waals surface area contributed by atoms with Crippen LogP contribution < -0.4 is 106 Å². The second-order valence-corrected chi connectivity index (χ2v) is 31.7. The minimum absolute atomic E-state index is 0.00123. The van der Waals surface area contributed by atoms with Gasteiger partial charge in [-0.05, 0) is 146 Å². The normalized spacial score (nSPS) is 14.5. The lowest BCUT2D eigenvalue weighted by Crippen LogP contribution is -2.49. The molecule has 0 aliphatic heterocycles. The van der Waals surface area contributed by atoms with Crippen LogP contribution in [0.25, 0.3) is 0 Å². The average molecular weight is 1670 g/mol. The molecule has 8 amide bonds. The number of Topliss-reactive ketones (excluding diaryl/α,β-unsaturated/α-hetero) is 6. The van der Waals surface area contributed by atoms with Crippen LogP contribution in [0, 0.1) is 53.3 Å². The van der Waals surface area contributed by atoms with Crippen LogP contribution in [-0.4, -0.2) is 204 Å². The number of carboxylic acids is 1. The number of hydrogen-bond donors (Lipinski definition) is 20. The maximum absolute atomic E-state index is 15.0. The Balaban J connectivity index is 7.60. The molecule has 0 aliphatic carbocycles. The van der Waals surface area contributed by atoms with E-state index in [1.54, 1.807) is 27.7 Å². The van der Waals surface area contributed by atoms with E-state index in [9.17, 15) is 67.4 Å². The fraction of sp³-hybridized carbons (Fsp3) is 0.744. The van der Waals surface area contributed by atoms with Crippen molar-refractivity contribution in [2.75, 3.05) is 39.3 Å². The first-order chi connectivity index (χ1) is 55.3. The van der Waals surface area contributed by atoms with Crippen LogP contribution in [0.3, 0.4) is 0 Å². The number of aliphatic carboxylic acids is 1. The van der Waals surface area contributed by atoms with E-state index in [4.69, 9.17) is 68.8 Å². The highest BCUT2D eigenvalue weighted by Crippen LogP contribution is 2.27. The Bertz CT molecular complexity index is 3400. The van der Waals surface area contributed by atoms with E-state index in [-0.39, 0.29) is 190 Å². The molecule has 0 saturated carbocycles. The van der Waals surface area contributed by atoms with E-state index in [2.05, 4.69) is 62.2 Å². The van der Waals surface area contributed by atoms with E-state index >= 15 is 9.59 Å². The number of nitrogens with one attached hydrogen (secondary N) is 7. The summed E-state index contributed by atoms with van der Waals surface area (Å²) in [5.41, 5.74) is 67.5. The topological polar surface area (TPSA) is 735 Å². The number of carbonyl (C=O) groups is 15. The first-order valence-electron chi connectivity index (χ1n) is 41.0. The van der Waals surface area contributed by atoms with E-state index in [0.29, 0.717) is 25.7 Å². The zero-order valence-electron chi connectivity index (χ0n) is 71.1. The summed E-state index contributed by atoms with van der Waals surface area (Å²) >= 11 is 0. The van der Waals surface area contributed by atoms with Gasteiger partial charge in [-0.2, -0.15) is 0 Å². The number of aliphatic imine (C=N–C) groups is 5. The molecule has 0 fully saturated rings. The van der Waals surface area contributed by atoms with Crippen molar-refractivity contribution in [3.05, 3.63) is 0 Å². The van der Waals surface area contributed by atoms with Crippen molar-refractivity contribution in [1.82, 2.24) is 37.2 Å². The van der Waals surface area contributed by atoms with Crippen molar-refractivity contribution in [3.63, 3.8) is 0 Å². The third-order valence-corrected chi connectivity index (χ3v) is 19.7. The zero-order chi connectivity index (χ0) is 89.9. The molecule has 0 radical (unpaired) electrons. The Hall–Kier alpha value is -10.4. The number of hydrogen-bond acceptors (Lipinski definition) is 21. The van der Waals surface area contributed by atoms with E-state index in [0.717, 1.165) is 0 Å². The lowest BCUT2D eigenvalue weighted by molar-refractivity contribution is -0.139. The largest absolute Gasteiger partial charge is 0.481 e. The fourth-order valence-electron chi connectivity index (χ4n) is 13.2. The summed E-state index contributed by atoms with van der Waals surface area (Å²) in [5.74, 6) is -18.2. The van der Waals surface area contributed by atoms with Gasteiger partial charge < -0.3 is 111 Å². The summed E-state index contributed by atoms with van der Waals surface area (Å²) in [4.78, 5) is 229. The number of rotatable bonds is 67. The number of nitrogens with two attached hydrogens (primary N) is 12. The molecule has 118 heavy (non-hydrogen) atoms. The second-order valence-electron chi connectivity index (χ2n) is 31.7. The van der Waals surface area contributed by atoms with E-state index < -0.39 is 204 Å². The van der Waals surface area contributed by atoms with Gasteiger partial charge >= 0.3 is 5.97 Å². The van der Waals surface area contributed by atoms with Crippen LogP contribution in [-0.2, 0) is 71.9 Å². The Morgan fingerprint density at radius 2 is 0.653 bits per heavy atom. The number of amides is 8. The Kier molecular flexibility index (Phi) is 54.0. The number of guanidine groups is 5. The van der Waals surface area contributed by atoms with Crippen molar-refractivity contribution in [3.8, 4) is 0 Å². The van der Waals surface area contributed by atoms with Crippen LogP contribution in [0.1, 0.15) is 236 Å². The van der Waals surface area contributed by atoms with Crippen LogP contribution in [0.4, 0.5) is 0 Å². The molecule has 1 unspecified atom stereocenters. The summed E-state index contributed by atoms with van der Waals surface area (Å²) in [7, 11) is 0. The summed E-state index contributed by atoms with van der Waals surface area (Å²) in [6, 6.07) is -8.55. The Labute approximate surface area is 693 Å². The molecule has 0 aromatic rings.